The van der Waals surface area contributed by atoms with Crippen LogP contribution in [0.15, 0.2) is 82.8 Å². The predicted octanol–water partition coefficient (Wildman–Crippen LogP) is 3.71. The Bertz CT molecular complexity index is 898. The van der Waals surface area contributed by atoms with Crippen LogP contribution in [0.25, 0.3) is 0 Å². The van der Waals surface area contributed by atoms with Crippen molar-refractivity contribution in [3.05, 3.63) is 83.4 Å². The third kappa shape index (κ3) is 5.20. The van der Waals surface area contributed by atoms with Gasteiger partial charge in [0.1, 0.15) is 4.91 Å². The molecule has 1 unspecified atom stereocenters. The van der Waals surface area contributed by atoms with E-state index in [4.69, 9.17) is 0 Å². The molecule has 0 bridgehead atoms. The van der Waals surface area contributed by atoms with Crippen molar-refractivity contribution >= 4 is 9.84 Å². The summed E-state index contributed by atoms with van der Waals surface area (Å²) in [6.45, 7) is 3.43. The van der Waals surface area contributed by atoms with Gasteiger partial charge in [0.25, 0.3) is 0 Å². The van der Waals surface area contributed by atoms with Crippen LogP contribution in [0.4, 0.5) is 0 Å². The molecule has 25 heavy (non-hydrogen) atoms. The van der Waals surface area contributed by atoms with Crippen molar-refractivity contribution in [2.75, 3.05) is 0 Å². The average molecular weight is 352 g/mol. The highest BCUT2D eigenvalue weighted by atomic mass is 32.2. The van der Waals surface area contributed by atoms with Crippen LogP contribution in [0, 0.1) is 11.8 Å². The molecule has 0 saturated heterocycles. The fourth-order valence-corrected chi connectivity index (χ4v) is 3.75. The standard InChI is InChI=1S/C21H20O3S/c1-2-21(25(23,24)19-15-9-5-10-16-19)20(22)17-11-4-8-14-18-12-6-3-7-13-18/h3,5-7,9-10,12-13,15-16,20,22H,1,4,11,17H2. The number of unbranched alkanes of at least 4 members (excludes halogenated alkanes) is 1. The van der Waals surface area contributed by atoms with Gasteiger partial charge >= 0.3 is 0 Å². The Balaban J connectivity index is 1.96. The van der Waals surface area contributed by atoms with E-state index in [2.05, 4.69) is 24.2 Å². The number of benzene rings is 2. The van der Waals surface area contributed by atoms with Gasteiger partial charge in [-0.15, -0.1) is 5.73 Å². The minimum absolute atomic E-state index is 0.129. The topological polar surface area (TPSA) is 54.4 Å². The first-order valence-electron chi connectivity index (χ1n) is 7.98. The molecule has 2 aromatic carbocycles. The summed E-state index contributed by atoms with van der Waals surface area (Å²) in [5.41, 5.74) is 3.33. The quantitative estimate of drug-likeness (QED) is 0.490. The molecular weight excluding hydrogens is 332 g/mol. The van der Waals surface area contributed by atoms with E-state index in [0.29, 0.717) is 12.8 Å². The Kier molecular flexibility index (Phi) is 6.80. The maximum Gasteiger partial charge on any atom is 0.212 e. The Hall–Kier alpha value is -2.57. The number of sulfone groups is 1. The van der Waals surface area contributed by atoms with Gasteiger partial charge in [-0.2, -0.15) is 0 Å². The van der Waals surface area contributed by atoms with Crippen LogP contribution in [0.1, 0.15) is 24.8 Å². The van der Waals surface area contributed by atoms with Crippen LogP contribution in [-0.2, 0) is 9.84 Å². The third-order valence-corrected chi connectivity index (χ3v) is 5.49. The summed E-state index contributed by atoms with van der Waals surface area (Å²) in [5.74, 6) is 6.06. The van der Waals surface area contributed by atoms with Crippen molar-refractivity contribution in [3.8, 4) is 11.8 Å². The van der Waals surface area contributed by atoms with Crippen LogP contribution in [0.2, 0.25) is 0 Å². The maximum absolute atomic E-state index is 12.6. The van der Waals surface area contributed by atoms with Gasteiger partial charge in [-0.05, 0) is 37.1 Å². The van der Waals surface area contributed by atoms with Gasteiger partial charge in [0.15, 0.2) is 0 Å². The van der Waals surface area contributed by atoms with E-state index in [1.54, 1.807) is 18.2 Å². The van der Waals surface area contributed by atoms with E-state index in [1.165, 1.54) is 12.1 Å². The van der Waals surface area contributed by atoms with Crippen LogP contribution in [0.5, 0.6) is 0 Å². The van der Waals surface area contributed by atoms with Gasteiger partial charge in [0.2, 0.25) is 9.84 Å². The summed E-state index contributed by atoms with van der Waals surface area (Å²) in [5, 5.41) is 10.3. The van der Waals surface area contributed by atoms with E-state index < -0.39 is 15.9 Å². The fourth-order valence-electron chi connectivity index (χ4n) is 2.32. The molecule has 0 spiro atoms. The lowest BCUT2D eigenvalue weighted by atomic mass is 10.1. The van der Waals surface area contributed by atoms with Crippen molar-refractivity contribution in [1.82, 2.24) is 0 Å². The minimum Gasteiger partial charge on any atom is -0.387 e. The van der Waals surface area contributed by atoms with Crippen molar-refractivity contribution in [2.45, 2.75) is 30.3 Å². The number of hydrogen-bond acceptors (Lipinski definition) is 3. The molecule has 0 aliphatic rings. The first-order chi connectivity index (χ1) is 12.1. The monoisotopic (exact) mass is 352 g/mol. The lowest BCUT2D eigenvalue weighted by Crippen LogP contribution is -2.18. The molecule has 1 N–H and O–H groups in total. The second-order valence-corrected chi connectivity index (χ2v) is 7.35. The number of hydrogen-bond donors (Lipinski definition) is 1. The number of rotatable bonds is 6. The summed E-state index contributed by atoms with van der Waals surface area (Å²) in [6.07, 6.45) is 0.298. The lowest BCUT2D eigenvalue weighted by Gasteiger charge is -2.13. The Morgan fingerprint density at radius 3 is 2.24 bits per heavy atom. The van der Waals surface area contributed by atoms with Gasteiger partial charge in [-0.1, -0.05) is 54.8 Å². The van der Waals surface area contributed by atoms with E-state index in [1.807, 2.05) is 30.3 Å². The molecule has 3 nitrogen and oxygen atoms in total. The maximum atomic E-state index is 12.6. The molecule has 2 rings (SSSR count). The molecular formula is C21H20O3S. The Morgan fingerprint density at radius 2 is 1.64 bits per heavy atom. The summed E-state index contributed by atoms with van der Waals surface area (Å²) in [7, 11) is -3.78. The molecule has 0 aliphatic carbocycles. The van der Waals surface area contributed by atoms with E-state index in [9.17, 15) is 13.5 Å². The minimum atomic E-state index is -3.78. The van der Waals surface area contributed by atoms with Gasteiger partial charge in [0, 0.05) is 12.0 Å². The molecule has 0 radical (unpaired) electrons. The molecule has 0 aromatic heterocycles. The highest BCUT2D eigenvalue weighted by molar-refractivity contribution is 7.95. The molecule has 1 atom stereocenters. The fraction of sp³-hybridized carbons (Fsp3) is 0.190. The molecule has 0 saturated carbocycles. The van der Waals surface area contributed by atoms with Crippen molar-refractivity contribution < 1.29 is 13.5 Å². The molecule has 4 heteroatoms. The molecule has 0 fully saturated rings. The molecule has 128 valence electrons. The van der Waals surface area contributed by atoms with Crippen LogP contribution < -0.4 is 0 Å². The van der Waals surface area contributed by atoms with Gasteiger partial charge in [-0.25, -0.2) is 8.42 Å². The predicted molar refractivity (Wildman–Crippen MR) is 99.5 cm³/mol. The highest BCUT2D eigenvalue weighted by Gasteiger charge is 2.26. The Labute approximate surface area is 149 Å². The zero-order valence-corrected chi connectivity index (χ0v) is 14.7. The van der Waals surface area contributed by atoms with E-state index >= 15 is 0 Å². The third-order valence-electron chi connectivity index (χ3n) is 3.61. The summed E-state index contributed by atoms with van der Waals surface area (Å²) in [6, 6.07) is 17.6. The van der Waals surface area contributed by atoms with Crippen molar-refractivity contribution in [2.24, 2.45) is 0 Å². The van der Waals surface area contributed by atoms with Gasteiger partial charge < -0.3 is 5.11 Å². The molecule has 0 aliphatic heterocycles. The van der Waals surface area contributed by atoms with E-state index in [-0.39, 0.29) is 16.2 Å². The summed E-state index contributed by atoms with van der Waals surface area (Å²) >= 11 is 0. The second kappa shape index (κ2) is 9.05. The molecule has 2 aromatic rings. The normalized spacial score (nSPS) is 11.7. The molecule has 0 amide bonds. The Morgan fingerprint density at radius 1 is 1.04 bits per heavy atom. The van der Waals surface area contributed by atoms with Crippen molar-refractivity contribution in [3.63, 3.8) is 0 Å². The van der Waals surface area contributed by atoms with Crippen LogP contribution in [0.3, 0.4) is 0 Å². The summed E-state index contributed by atoms with van der Waals surface area (Å²) in [4.78, 5) is -0.0567. The zero-order chi connectivity index (χ0) is 18.1. The van der Waals surface area contributed by atoms with Gasteiger partial charge in [0.05, 0.1) is 11.0 Å². The smallest absolute Gasteiger partial charge is 0.212 e. The largest absolute Gasteiger partial charge is 0.387 e. The van der Waals surface area contributed by atoms with Crippen LogP contribution >= 0.6 is 0 Å². The number of aliphatic hydroxyl groups excluding tert-OH is 1. The number of aliphatic hydroxyl groups is 1. The van der Waals surface area contributed by atoms with E-state index in [0.717, 1.165) is 5.56 Å². The molecule has 0 heterocycles. The van der Waals surface area contributed by atoms with Crippen molar-refractivity contribution in [1.29, 1.82) is 0 Å². The average Bonchev–Trinajstić information content (AvgIpc) is 2.63. The van der Waals surface area contributed by atoms with Gasteiger partial charge in [-0.3, -0.25) is 0 Å². The second-order valence-electron chi connectivity index (χ2n) is 5.43. The first-order valence-corrected chi connectivity index (χ1v) is 9.46. The summed E-state index contributed by atoms with van der Waals surface area (Å²) < 4.78 is 25.1. The SMILES string of the molecule is C=C=C(C(O)CCCC#Cc1ccccc1)S(=O)(=O)c1ccccc1. The highest BCUT2D eigenvalue weighted by Crippen LogP contribution is 2.23. The zero-order valence-electron chi connectivity index (χ0n) is 13.9. The van der Waals surface area contributed by atoms with Crippen LogP contribution in [-0.4, -0.2) is 19.6 Å². The lowest BCUT2D eigenvalue weighted by molar-refractivity contribution is 0.205. The first kappa shape index (κ1) is 18.8.